The molecular weight excluding hydrogens is 322 g/mol. The lowest BCUT2D eigenvalue weighted by Gasteiger charge is -2.26. The van der Waals surface area contributed by atoms with Crippen molar-refractivity contribution in [1.29, 1.82) is 0 Å². The molecule has 3 heterocycles. The van der Waals surface area contributed by atoms with E-state index >= 15 is 0 Å². The molecule has 0 bridgehead atoms. The number of aliphatic imine (C=N–C) groups is 1. The van der Waals surface area contributed by atoms with Crippen LogP contribution in [0, 0.1) is 11.8 Å². The molecule has 23 heavy (non-hydrogen) atoms. The van der Waals surface area contributed by atoms with Crippen molar-refractivity contribution in [1.82, 2.24) is 14.9 Å². The van der Waals surface area contributed by atoms with Crippen LogP contribution in [0.4, 0.5) is 5.82 Å². The standard InChI is InChI=1S/C14H16ClN5O3/c1-3-4-14(15)10(22)8(5-21)23-12(14)20-6-17-9-7(2)18-13(16)19-11(9)20/h6,8,10,12,21-22H,2,5H2,1H3,(H3,16,18,19)/t8?,10?,12-,14-/m1/s1. The van der Waals surface area contributed by atoms with E-state index in [1.807, 2.05) is 0 Å². The van der Waals surface area contributed by atoms with Crippen molar-refractivity contribution in [3.8, 4) is 11.8 Å². The van der Waals surface area contributed by atoms with Crippen LogP contribution < -0.4 is 11.1 Å². The summed E-state index contributed by atoms with van der Waals surface area (Å²) >= 11 is 6.54. The second kappa shape index (κ2) is 5.54. The van der Waals surface area contributed by atoms with Gasteiger partial charge in [-0.05, 0) is 6.92 Å². The van der Waals surface area contributed by atoms with Crippen molar-refractivity contribution in [2.24, 2.45) is 10.7 Å². The second-order valence-electron chi connectivity index (χ2n) is 5.22. The van der Waals surface area contributed by atoms with Crippen molar-refractivity contribution in [2.75, 3.05) is 6.61 Å². The third-order valence-corrected chi connectivity index (χ3v) is 4.26. The third-order valence-electron chi connectivity index (χ3n) is 3.75. The Labute approximate surface area is 137 Å². The number of hydrogen-bond donors (Lipinski definition) is 4. The number of aliphatic hydroxyl groups is 2. The zero-order valence-corrected chi connectivity index (χ0v) is 13.1. The Hall–Kier alpha value is -2.05. The lowest BCUT2D eigenvalue weighted by Crippen LogP contribution is -2.41. The van der Waals surface area contributed by atoms with E-state index in [9.17, 15) is 10.2 Å². The number of aliphatic hydroxyl groups excluding tert-OH is 2. The van der Waals surface area contributed by atoms with Gasteiger partial charge >= 0.3 is 0 Å². The number of guanidine groups is 1. The number of aromatic nitrogens is 2. The molecular formula is C14H16ClN5O3. The largest absolute Gasteiger partial charge is 0.394 e. The molecule has 3 rings (SSSR count). The highest BCUT2D eigenvalue weighted by Gasteiger charge is 2.56. The van der Waals surface area contributed by atoms with Crippen molar-refractivity contribution >= 4 is 29.1 Å². The van der Waals surface area contributed by atoms with E-state index in [0.29, 0.717) is 17.2 Å². The summed E-state index contributed by atoms with van der Waals surface area (Å²) in [5.41, 5.74) is 6.70. The van der Waals surface area contributed by atoms with Crippen molar-refractivity contribution in [3.05, 3.63) is 18.6 Å². The van der Waals surface area contributed by atoms with Gasteiger partial charge in [-0.1, -0.05) is 24.1 Å². The van der Waals surface area contributed by atoms with Crippen molar-refractivity contribution < 1.29 is 14.9 Å². The Bertz CT molecular complexity index is 749. The van der Waals surface area contributed by atoms with Gasteiger partial charge in [0.1, 0.15) is 17.9 Å². The molecule has 9 heteroatoms. The van der Waals surface area contributed by atoms with Gasteiger partial charge in [0, 0.05) is 0 Å². The number of nitrogens with one attached hydrogen (secondary N) is 1. The minimum Gasteiger partial charge on any atom is -0.394 e. The molecule has 2 aliphatic heterocycles. The van der Waals surface area contributed by atoms with Crippen molar-refractivity contribution in [3.63, 3.8) is 0 Å². The molecule has 0 aromatic carbocycles. The van der Waals surface area contributed by atoms with Gasteiger partial charge in [-0.2, -0.15) is 4.99 Å². The summed E-state index contributed by atoms with van der Waals surface area (Å²) in [6.45, 7) is 5.03. The van der Waals surface area contributed by atoms with Crippen LogP contribution in [0.15, 0.2) is 17.9 Å². The van der Waals surface area contributed by atoms with Gasteiger partial charge in [0.25, 0.3) is 0 Å². The Balaban J connectivity index is 2.11. The maximum Gasteiger partial charge on any atom is 0.199 e. The number of nitrogens with zero attached hydrogens (tertiary/aromatic N) is 3. The molecule has 1 saturated heterocycles. The minimum atomic E-state index is -1.45. The minimum absolute atomic E-state index is 0.156. The molecule has 0 radical (unpaired) electrons. The first-order valence-electron chi connectivity index (χ1n) is 6.86. The van der Waals surface area contributed by atoms with E-state index in [-0.39, 0.29) is 5.96 Å². The number of alkyl halides is 1. The molecule has 8 nitrogen and oxygen atoms in total. The number of rotatable bonds is 2. The lowest BCUT2D eigenvalue weighted by atomic mass is 9.99. The topological polar surface area (TPSA) is 118 Å². The quantitative estimate of drug-likeness (QED) is 0.433. The van der Waals surface area contributed by atoms with Crippen molar-refractivity contribution in [2.45, 2.75) is 30.2 Å². The van der Waals surface area contributed by atoms with Crippen LogP contribution in [0.2, 0.25) is 0 Å². The number of fused-ring (bicyclic) bond motifs is 1. The highest BCUT2D eigenvalue weighted by Crippen LogP contribution is 2.45. The molecule has 0 amide bonds. The summed E-state index contributed by atoms with van der Waals surface area (Å²) in [6.07, 6.45) is -1.49. The van der Waals surface area contributed by atoms with Crippen LogP contribution in [-0.2, 0) is 4.74 Å². The normalized spacial score (nSPS) is 32.6. The summed E-state index contributed by atoms with van der Waals surface area (Å²) in [4.78, 5) is 6.97. The number of nitrogens with two attached hydrogens (primary N) is 1. The first-order chi connectivity index (χ1) is 10.9. The van der Waals surface area contributed by atoms with Gasteiger partial charge in [0.2, 0.25) is 0 Å². The zero-order valence-electron chi connectivity index (χ0n) is 12.3. The average molecular weight is 338 g/mol. The Morgan fingerprint density at radius 1 is 1.65 bits per heavy atom. The summed E-state index contributed by atoms with van der Waals surface area (Å²) in [5.74, 6) is 6.00. The van der Waals surface area contributed by atoms with Crippen LogP contribution >= 0.6 is 11.6 Å². The SMILES string of the molecule is C=C1NC(N)=Nc2c1ncn2[C@@H]1OC(CO)C(O)[C@]1(Cl)C#CC. The lowest BCUT2D eigenvalue weighted by molar-refractivity contribution is -0.0443. The van der Waals surface area contributed by atoms with Gasteiger partial charge in [0.05, 0.1) is 18.6 Å². The van der Waals surface area contributed by atoms with E-state index in [4.69, 9.17) is 22.1 Å². The molecule has 1 fully saturated rings. The molecule has 1 aromatic heterocycles. The fourth-order valence-corrected chi connectivity index (χ4v) is 3.09. The fourth-order valence-electron chi connectivity index (χ4n) is 2.70. The molecule has 0 aliphatic carbocycles. The van der Waals surface area contributed by atoms with E-state index < -0.39 is 29.9 Å². The number of halogens is 1. The maximum absolute atomic E-state index is 10.4. The number of ether oxygens (including phenoxy) is 1. The monoisotopic (exact) mass is 337 g/mol. The molecule has 1 aromatic rings. The van der Waals surface area contributed by atoms with Crippen LogP contribution in [0.5, 0.6) is 0 Å². The highest BCUT2D eigenvalue weighted by molar-refractivity contribution is 6.27. The van der Waals surface area contributed by atoms with Gasteiger partial charge in [-0.25, -0.2) is 4.98 Å². The van der Waals surface area contributed by atoms with Crippen LogP contribution in [0.25, 0.3) is 5.70 Å². The molecule has 5 N–H and O–H groups in total. The summed E-state index contributed by atoms with van der Waals surface area (Å²) in [6, 6.07) is 0. The first kappa shape index (κ1) is 15.8. The third kappa shape index (κ3) is 2.29. The predicted octanol–water partition coefficient (Wildman–Crippen LogP) is -0.345. The van der Waals surface area contributed by atoms with Crippen LogP contribution in [0.1, 0.15) is 18.8 Å². The van der Waals surface area contributed by atoms with Gasteiger partial charge < -0.3 is 26.0 Å². The van der Waals surface area contributed by atoms with E-state index in [1.165, 1.54) is 10.9 Å². The summed E-state index contributed by atoms with van der Waals surface area (Å²) in [7, 11) is 0. The number of hydrogen-bond acceptors (Lipinski definition) is 7. The Morgan fingerprint density at radius 3 is 3.04 bits per heavy atom. The van der Waals surface area contributed by atoms with Gasteiger partial charge in [-0.3, -0.25) is 4.57 Å². The fraction of sp³-hybridized carbons (Fsp3) is 0.429. The van der Waals surface area contributed by atoms with Gasteiger partial charge in [-0.15, -0.1) is 5.92 Å². The maximum atomic E-state index is 10.4. The summed E-state index contributed by atoms with van der Waals surface area (Å²) < 4.78 is 7.23. The zero-order chi connectivity index (χ0) is 16.8. The van der Waals surface area contributed by atoms with E-state index in [1.54, 1.807) is 6.92 Å². The predicted molar refractivity (Wildman–Crippen MR) is 84.7 cm³/mol. The average Bonchev–Trinajstić information content (AvgIpc) is 3.01. The molecule has 0 saturated carbocycles. The van der Waals surface area contributed by atoms with E-state index in [2.05, 4.69) is 33.7 Å². The number of imidazole rings is 1. The Kier molecular flexibility index (Phi) is 3.82. The smallest absolute Gasteiger partial charge is 0.199 e. The summed E-state index contributed by atoms with van der Waals surface area (Å²) in [5, 5.41) is 22.5. The van der Waals surface area contributed by atoms with Crippen LogP contribution in [0.3, 0.4) is 0 Å². The molecule has 0 spiro atoms. The highest BCUT2D eigenvalue weighted by atomic mass is 35.5. The van der Waals surface area contributed by atoms with E-state index in [0.717, 1.165) is 0 Å². The Morgan fingerprint density at radius 2 is 2.39 bits per heavy atom. The first-order valence-corrected chi connectivity index (χ1v) is 7.24. The second-order valence-corrected chi connectivity index (χ2v) is 5.85. The molecule has 122 valence electrons. The molecule has 2 unspecified atom stereocenters. The molecule has 4 atom stereocenters. The molecule has 2 aliphatic rings. The van der Waals surface area contributed by atoms with Gasteiger partial charge in [0.15, 0.2) is 22.9 Å². The van der Waals surface area contributed by atoms with Crippen LogP contribution in [-0.4, -0.2) is 49.4 Å².